The van der Waals surface area contributed by atoms with Crippen LogP contribution in [0.15, 0.2) is 24.3 Å². The molecule has 0 aliphatic heterocycles. The summed E-state index contributed by atoms with van der Waals surface area (Å²) in [6.07, 6.45) is 4.49. The number of para-hydroxylation sites is 2. The van der Waals surface area contributed by atoms with Gasteiger partial charge < -0.3 is 9.30 Å². The molecule has 0 unspecified atom stereocenters. The molecular weight excluding hydrogens is 236 g/mol. The van der Waals surface area contributed by atoms with Crippen LogP contribution in [0, 0.1) is 0 Å². The first-order valence-corrected chi connectivity index (χ1v) is 7.38. The first-order valence-electron chi connectivity index (χ1n) is 7.38. The molecule has 104 valence electrons. The summed E-state index contributed by atoms with van der Waals surface area (Å²) < 4.78 is 7.99. The molecule has 0 fully saturated rings. The van der Waals surface area contributed by atoms with E-state index in [9.17, 15) is 0 Å². The second-order valence-electron chi connectivity index (χ2n) is 4.88. The van der Waals surface area contributed by atoms with Crippen molar-refractivity contribution in [1.82, 2.24) is 9.55 Å². The van der Waals surface area contributed by atoms with Crippen LogP contribution in [0.5, 0.6) is 0 Å². The predicted octanol–water partition coefficient (Wildman–Crippen LogP) is 3.81. The summed E-state index contributed by atoms with van der Waals surface area (Å²) in [6, 6.07) is 8.36. The second-order valence-corrected chi connectivity index (χ2v) is 4.88. The lowest BCUT2D eigenvalue weighted by molar-refractivity contribution is 0.123. The number of imidazole rings is 1. The molecule has 1 aromatic heterocycles. The molecule has 2 aromatic rings. The number of benzene rings is 1. The van der Waals surface area contributed by atoms with Crippen LogP contribution < -0.4 is 0 Å². The van der Waals surface area contributed by atoms with Gasteiger partial charge in [0.15, 0.2) is 0 Å². The highest BCUT2D eigenvalue weighted by Crippen LogP contribution is 2.17. The number of hydrogen-bond acceptors (Lipinski definition) is 2. The van der Waals surface area contributed by atoms with E-state index in [2.05, 4.69) is 36.6 Å². The van der Waals surface area contributed by atoms with Gasteiger partial charge in [-0.15, -0.1) is 0 Å². The Morgan fingerprint density at radius 1 is 1.11 bits per heavy atom. The maximum absolute atomic E-state index is 5.68. The van der Waals surface area contributed by atoms with Gasteiger partial charge in [0.1, 0.15) is 5.82 Å². The Bertz CT molecular complexity index is 504. The van der Waals surface area contributed by atoms with E-state index >= 15 is 0 Å². The van der Waals surface area contributed by atoms with Crippen molar-refractivity contribution < 1.29 is 4.74 Å². The minimum atomic E-state index is 0.775. The fraction of sp³-hybridized carbons (Fsp3) is 0.562. The van der Waals surface area contributed by atoms with Gasteiger partial charge in [-0.3, -0.25) is 0 Å². The predicted molar refractivity (Wildman–Crippen MR) is 79.5 cm³/mol. The minimum absolute atomic E-state index is 0.775. The van der Waals surface area contributed by atoms with Crippen molar-refractivity contribution in [1.29, 1.82) is 0 Å². The third-order valence-corrected chi connectivity index (χ3v) is 3.31. The molecule has 2 rings (SSSR count). The lowest BCUT2D eigenvalue weighted by Crippen LogP contribution is -2.10. The summed E-state index contributed by atoms with van der Waals surface area (Å²) in [7, 11) is 0. The molecule has 3 nitrogen and oxygen atoms in total. The lowest BCUT2D eigenvalue weighted by Gasteiger charge is -2.09. The first kappa shape index (κ1) is 14.1. The molecule has 0 amide bonds. The number of ether oxygens (including phenoxy) is 1. The molecule has 0 atom stereocenters. The Morgan fingerprint density at radius 2 is 1.95 bits per heavy atom. The molecule has 19 heavy (non-hydrogen) atoms. The zero-order valence-corrected chi connectivity index (χ0v) is 12.1. The van der Waals surface area contributed by atoms with Gasteiger partial charge in [-0.1, -0.05) is 32.4 Å². The van der Waals surface area contributed by atoms with Gasteiger partial charge in [0.2, 0.25) is 0 Å². The van der Waals surface area contributed by atoms with Crippen molar-refractivity contribution >= 4 is 11.0 Å². The van der Waals surface area contributed by atoms with E-state index in [-0.39, 0.29) is 0 Å². The fourth-order valence-electron chi connectivity index (χ4n) is 2.29. The van der Waals surface area contributed by atoms with Gasteiger partial charge in [0.05, 0.1) is 17.6 Å². The van der Waals surface area contributed by atoms with Crippen LogP contribution >= 0.6 is 0 Å². The molecule has 0 aliphatic carbocycles. The Kier molecular flexibility index (Phi) is 5.40. The monoisotopic (exact) mass is 260 g/mol. The minimum Gasteiger partial charge on any atom is -0.380 e. The molecule has 1 heterocycles. The molecule has 0 aliphatic rings. The largest absolute Gasteiger partial charge is 0.380 e. The SMILES string of the molecule is CCCCOCCn1c(CCC)nc2ccccc21. The van der Waals surface area contributed by atoms with Crippen molar-refractivity contribution in [3.63, 3.8) is 0 Å². The van der Waals surface area contributed by atoms with Crippen LogP contribution in [0.3, 0.4) is 0 Å². The van der Waals surface area contributed by atoms with E-state index in [0.717, 1.165) is 44.5 Å². The van der Waals surface area contributed by atoms with Gasteiger partial charge in [-0.05, 0) is 25.0 Å². The van der Waals surface area contributed by atoms with Crippen molar-refractivity contribution in [3.8, 4) is 0 Å². The summed E-state index contributed by atoms with van der Waals surface area (Å²) >= 11 is 0. The van der Waals surface area contributed by atoms with Gasteiger partial charge >= 0.3 is 0 Å². The van der Waals surface area contributed by atoms with Gasteiger partial charge in [0.25, 0.3) is 0 Å². The van der Waals surface area contributed by atoms with Crippen molar-refractivity contribution in [2.45, 2.75) is 46.1 Å². The molecule has 0 saturated carbocycles. The number of nitrogens with zero attached hydrogens (tertiary/aromatic N) is 2. The van der Waals surface area contributed by atoms with Crippen LogP contribution in [-0.2, 0) is 17.7 Å². The number of aromatic nitrogens is 2. The fourth-order valence-corrected chi connectivity index (χ4v) is 2.29. The average Bonchev–Trinajstić information content (AvgIpc) is 2.77. The van der Waals surface area contributed by atoms with Crippen molar-refractivity contribution in [2.75, 3.05) is 13.2 Å². The summed E-state index contributed by atoms with van der Waals surface area (Å²) in [4.78, 5) is 4.72. The number of fused-ring (bicyclic) bond motifs is 1. The summed E-state index contributed by atoms with van der Waals surface area (Å²) in [5.41, 5.74) is 2.32. The van der Waals surface area contributed by atoms with Crippen LogP contribution in [0.2, 0.25) is 0 Å². The summed E-state index contributed by atoms with van der Waals surface area (Å²) in [5.74, 6) is 1.18. The smallest absolute Gasteiger partial charge is 0.109 e. The number of aryl methyl sites for hydroxylation is 1. The molecule has 0 saturated heterocycles. The molecule has 0 spiro atoms. The highest BCUT2D eigenvalue weighted by atomic mass is 16.5. The van der Waals surface area contributed by atoms with Gasteiger partial charge in [0, 0.05) is 19.6 Å². The molecule has 1 aromatic carbocycles. The van der Waals surface area contributed by atoms with E-state index in [0.29, 0.717) is 0 Å². The number of hydrogen-bond donors (Lipinski definition) is 0. The van der Waals surface area contributed by atoms with Gasteiger partial charge in [-0.2, -0.15) is 0 Å². The third-order valence-electron chi connectivity index (χ3n) is 3.31. The van der Waals surface area contributed by atoms with Crippen LogP contribution in [0.25, 0.3) is 11.0 Å². The van der Waals surface area contributed by atoms with E-state index in [1.54, 1.807) is 0 Å². The standard InChI is InChI=1S/C16H24N2O/c1-3-5-12-19-13-11-18-15-10-7-6-9-14(15)17-16(18)8-4-2/h6-7,9-10H,3-5,8,11-13H2,1-2H3. The quantitative estimate of drug-likeness (QED) is 0.675. The summed E-state index contributed by atoms with van der Waals surface area (Å²) in [6.45, 7) is 6.93. The Morgan fingerprint density at radius 3 is 2.74 bits per heavy atom. The Labute approximate surface area is 115 Å². The normalized spacial score (nSPS) is 11.3. The maximum atomic E-state index is 5.68. The van der Waals surface area contributed by atoms with E-state index in [4.69, 9.17) is 9.72 Å². The lowest BCUT2D eigenvalue weighted by atomic mass is 10.3. The van der Waals surface area contributed by atoms with Crippen LogP contribution in [-0.4, -0.2) is 22.8 Å². The highest BCUT2D eigenvalue weighted by molar-refractivity contribution is 5.75. The number of unbranched alkanes of at least 4 members (excludes halogenated alkanes) is 1. The molecule has 3 heteroatoms. The van der Waals surface area contributed by atoms with Crippen LogP contribution in [0.4, 0.5) is 0 Å². The Hall–Kier alpha value is -1.35. The third kappa shape index (κ3) is 3.57. The zero-order valence-electron chi connectivity index (χ0n) is 12.1. The number of rotatable bonds is 8. The Balaban J connectivity index is 2.08. The highest BCUT2D eigenvalue weighted by Gasteiger charge is 2.08. The topological polar surface area (TPSA) is 27.1 Å². The van der Waals surface area contributed by atoms with Gasteiger partial charge in [-0.25, -0.2) is 4.98 Å². The average molecular weight is 260 g/mol. The first-order chi connectivity index (χ1) is 9.36. The van der Waals surface area contributed by atoms with E-state index < -0.39 is 0 Å². The molecule has 0 N–H and O–H groups in total. The zero-order chi connectivity index (χ0) is 13.5. The molecular formula is C16H24N2O. The maximum Gasteiger partial charge on any atom is 0.109 e. The molecule has 0 bridgehead atoms. The van der Waals surface area contributed by atoms with E-state index in [1.807, 2.05) is 6.07 Å². The van der Waals surface area contributed by atoms with Crippen LogP contribution in [0.1, 0.15) is 38.9 Å². The van der Waals surface area contributed by atoms with Crippen molar-refractivity contribution in [2.24, 2.45) is 0 Å². The molecule has 0 radical (unpaired) electrons. The second kappa shape index (κ2) is 7.29. The van der Waals surface area contributed by atoms with Crippen molar-refractivity contribution in [3.05, 3.63) is 30.1 Å². The van der Waals surface area contributed by atoms with E-state index in [1.165, 1.54) is 17.8 Å². The summed E-state index contributed by atoms with van der Waals surface area (Å²) in [5, 5.41) is 0.